The van der Waals surface area contributed by atoms with Crippen LogP contribution < -0.4 is 11.2 Å². The lowest BCUT2D eigenvalue weighted by molar-refractivity contribution is 0.226. The molecule has 0 radical (unpaired) electrons. The largest absolute Gasteiger partial charge is 0.396 e. The van der Waals surface area contributed by atoms with Gasteiger partial charge in [0.2, 0.25) is 5.82 Å². The molecule has 1 saturated carbocycles. The van der Waals surface area contributed by atoms with Crippen molar-refractivity contribution in [2.75, 3.05) is 6.61 Å². The Kier molecular flexibility index (Phi) is 2.91. The quantitative estimate of drug-likeness (QED) is 0.748. The smallest absolute Gasteiger partial charge is 0.328 e. The van der Waals surface area contributed by atoms with E-state index in [1.807, 2.05) is 4.98 Å². The molecule has 16 heavy (non-hydrogen) atoms. The number of H-pyrrole nitrogens is 1. The molecule has 0 aromatic carbocycles. The fraction of sp³-hybridized carbons (Fsp3) is 0.600. The first kappa shape index (κ1) is 11.1. The second kappa shape index (κ2) is 4.21. The monoisotopic (exact) mass is 228 g/mol. The number of rotatable bonds is 2. The summed E-state index contributed by atoms with van der Waals surface area (Å²) in [7, 11) is 0. The lowest BCUT2D eigenvalue weighted by Crippen LogP contribution is -2.33. The lowest BCUT2D eigenvalue weighted by atomic mass is 10.1. The van der Waals surface area contributed by atoms with Gasteiger partial charge in [0, 0.05) is 12.6 Å². The van der Waals surface area contributed by atoms with E-state index in [9.17, 15) is 14.0 Å². The Morgan fingerprint density at radius 1 is 1.50 bits per heavy atom. The highest BCUT2D eigenvalue weighted by Crippen LogP contribution is 2.32. The number of aromatic amines is 1. The molecule has 1 fully saturated rings. The van der Waals surface area contributed by atoms with Crippen LogP contribution in [-0.4, -0.2) is 21.3 Å². The fourth-order valence-electron chi connectivity index (χ4n) is 2.20. The van der Waals surface area contributed by atoms with E-state index in [4.69, 9.17) is 5.11 Å². The first-order valence-corrected chi connectivity index (χ1v) is 5.23. The van der Waals surface area contributed by atoms with Crippen molar-refractivity contribution < 1.29 is 9.50 Å². The van der Waals surface area contributed by atoms with Gasteiger partial charge in [-0.25, -0.2) is 4.79 Å². The molecule has 2 atom stereocenters. The van der Waals surface area contributed by atoms with Gasteiger partial charge < -0.3 is 5.11 Å². The average Bonchev–Trinajstić information content (AvgIpc) is 2.71. The van der Waals surface area contributed by atoms with E-state index >= 15 is 0 Å². The maximum Gasteiger partial charge on any atom is 0.328 e. The van der Waals surface area contributed by atoms with Crippen LogP contribution in [0.1, 0.15) is 25.3 Å². The third-order valence-electron chi connectivity index (χ3n) is 3.09. The molecule has 1 aliphatic carbocycles. The van der Waals surface area contributed by atoms with Crippen molar-refractivity contribution in [2.24, 2.45) is 5.92 Å². The van der Waals surface area contributed by atoms with Crippen molar-refractivity contribution in [2.45, 2.75) is 25.3 Å². The van der Waals surface area contributed by atoms with Crippen LogP contribution in [0.5, 0.6) is 0 Å². The molecular weight excluding hydrogens is 215 g/mol. The number of hydrogen-bond acceptors (Lipinski definition) is 3. The fourth-order valence-corrected chi connectivity index (χ4v) is 2.20. The Morgan fingerprint density at radius 3 is 2.88 bits per heavy atom. The highest BCUT2D eigenvalue weighted by atomic mass is 19.1. The summed E-state index contributed by atoms with van der Waals surface area (Å²) in [6.07, 6.45) is 3.12. The molecule has 2 rings (SSSR count). The van der Waals surface area contributed by atoms with E-state index in [0.29, 0.717) is 6.42 Å². The molecular formula is C10H13FN2O3. The zero-order valence-corrected chi connectivity index (χ0v) is 8.65. The van der Waals surface area contributed by atoms with Gasteiger partial charge in [-0.05, 0) is 25.2 Å². The second-order valence-electron chi connectivity index (χ2n) is 4.16. The molecule has 0 amide bonds. The van der Waals surface area contributed by atoms with Crippen molar-refractivity contribution in [3.8, 4) is 0 Å². The van der Waals surface area contributed by atoms with Crippen molar-refractivity contribution in [3.63, 3.8) is 0 Å². The van der Waals surface area contributed by atoms with E-state index < -0.39 is 17.1 Å². The van der Waals surface area contributed by atoms with Gasteiger partial charge in [0.05, 0.1) is 6.20 Å². The summed E-state index contributed by atoms with van der Waals surface area (Å²) in [6.45, 7) is 0.0804. The maximum atomic E-state index is 13.0. The van der Waals surface area contributed by atoms with Crippen LogP contribution in [0.15, 0.2) is 15.8 Å². The second-order valence-corrected chi connectivity index (χ2v) is 4.16. The molecule has 6 heteroatoms. The first-order valence-electron chi connectivity index (χ1n) is 5.23. The summed E-state index contributed by atoms with van der Waals surface area (Å²) in [5.74, 6) is -0.793. The number of aliphatic hydroxyl groups excluding tert-OH is 1. The molecule has 5 nitrogen and oxygen atoms in total. The highest BCUT2D eigenvalue weighted by Gasteiger charge is 2.26. The van der Waals surface area contributed by atoms with Gasteiger partial charge in [-0.3, -0.25) is 14.3 Å². The Bertz CT molecular complexity index is 494. The summed E-state index contributed by atoms with van der Waals surface area (Å²) in [4.78, 5) is 24.2. The van der Waals surface area contributed by atoms with Gasteiger partial charge in [-0.2, -0.15) is 4.39 Å². The third-order valence-corrected chi connectivity index (χ3v) is 3.09. The minimum Gasteiger partial charge on any atom is -0.396 e. The van der Waals surface area contributed by atoms with E-state index in [2.05, 4.69) is 0 Å². The van der Waals surface area contributed by atoms with E-state index in [1.165, 1.54) is 4.57 Å². The van der Waals surface area contributed by atoms with Crippen molar-refractivity contribution in [1.29, 1.82) is 0 Å². The summed E-state index contributed by atoms with van der Waals surface area (Å²) < 4.78 is 14.3. The zero-order valence-electron chi connectivity index (χ0n) is 8.65. The Hall–Kier alpha value is -1.43. The number of halogens is 1. The summed E-state index contributed by atoms with van der Waals surface area (Å²) in [5, 5.41) is 8.98. The molecule has 88 valence electrons. The van der Waals surface area contributed by atoms with E-state index in [1.54, 1.807) is 0 Å². The standard InChI is InChI=1S/C10H13FN2O3/c11-8-4-13(10(16)12-9(8)15)7-2-1-6(3-7)5-14/h4,6-7,14H,1-3,5H2,(H,12,15,16)/t6-,7+/m1/s1. The normalized spacial score (nSPS) is 24.9. The average molecular weight is 228 g/mol. The Labute approximate surface area is 90.5 Å². The van der Waals surface area contributed by atoms with Crippen LogP contribution >= 0.6 is 0 Å². The van der Waals surface area contributed by atoms with Crippen LogP contribution in [0.4, 0.5) is 4.39 Å². The Morgan fingerprint density at radius 2 is 2.25 bits per heavy atom. The van der Waals surface area contributed by atoms with Crippen molar-refractivity contribution >= 4 is 0 Å². The van der Waals surface area contributed by atoms with Crippen LogP contribution in [0.25, 0.3) is 0 Å². The molecule has 1 aliphatic rings. The van der Waals surface area contributed by atoms with Crippen LogP contribution in [-0.2, 0) is 0 Å². The first-order chi connectivity index (χ1) is 7.61. The molecule has 0 saturated heterocycles. The van der Waals surface area contributed by atoms with Crippen LogP contribution in [0, 0.1) is 11.7 Å². The highest BCUT2D eigenvalue weighted by molar-refractivity contribution is 4.91. The summed E-state index contributed by atoms with van der Waals surface area (Å²) in [5.41, 5.74) is -1.58. The van der Waals surface area contributed by atoms with Gasteiger partial charge >= 0.3 is 5.69 Å². The molecule has 0 unspecified atom stereocenters. The van der Waals surface area contributed by atoms with Gasteiger partial charge in [0.25, 0.3) is 5.56 Å². The predicted octanol–water partition coefficient (Wildman–Crippen LogP) is 0.00920. The third kappa shape index (κ3) is 1.92. The van der Waals surface area contributed by atoms with Crippen LogP contribution in [0.2, 0.25) is 0 Å². The topological polar surface area (TPSA) is 75.1 Å². The number of aromatic nitrogens is 2. The number of hydrogen-bond donors (Lipinski definition) is 2. The minimum absolute atomic E-state index is 0.0804. The zero-order chi connectivity index (χ0) is 11.7. The molecule has 0 bridgehead atoms. The predicted molar refractivity (Wildman–Crippen MR) is 54.7 cm³/mol. The summed E-state index contributed by atoms with van der Waals surface area (Å²) in [6, 6.07) is -0.129. The van der Waals surface area contributed by atoms with E-state index in [-0.39, 0.29) is 18.6 Å². The SMILES string of the molecule is O=c1[nH]c(=O)n([C@H]2CC[C@@H](CO)C2)cc1F. The number of aliphatic hydroxyl groups is 1. The van der Waals surface area contributed by atoms with Gasteiger partial charge in [0.15, 0.2) is 0 Å². The number of nitrogens with one attached hydrogen (secondary N) is 1. The molecule has 1 aromatic heterocycles. The molecule has 0 spiro atoms. The van der Waals surface area contributed by atoms with Gasteiger partial charge in [-0.1, -0.05) is 0 Å². The summed E-state index contributed by atoms with van der Waals surface area (Å²) >= 11 is 0. The van der Waals surface area contributed by atoms with Gasteiger partial charge in [-0.15, -0.1) is 0 Å². The molecule has 0 aliphatic heterocycles. The van der Waals surface area contributed by atoms with Crippen LogP contribution in [0.3, 0.4) is 0 Å². The molecule has 1 heterocycles. The maximum absolute atomic E-state index is 13.0. The van der Waals surface area contributed by atoms with E-state index in [0.717, 1.165) is 19.0 Å². The molecule has 1 aromatic rings. The molecule has 2 N–H and O–H groups in total. The number of nitrogens with zero attached hydrogens (tertiary/aromatic N) is 1. The lowest BCUT2D eigenvalue weighted by Gasteiger charge is -2.12. The van der Waals surface area contributed by atoms with Crippen molar-refractivity contribution in [1.82, 2.24) is 9.55 Å². The Balaban J connectivity index is 2.32. The van der Waals surface area contributed by atoms with Gasteiger partial charge in [0.1, 0.15) is 0 Å². The van der Waals surface area contributed by atoms with Crippen molar-refractivity contribution in [3.05, 3.63) is 32.9 Å². The minimum atomic E-state index is -0.988.